The van der Waals surface area contributed by atoms with Gasteiger partial charge in [-0.25, -0.2) is 4.79 Å². The summed E-state index contributed by atoms with van der Waals surface area (Å²) in [5.74, 6) is -2.92. The molecule has 3 amide bonds. The van der Waals surface area contributed by atoms with Crippen molar-refractivity contribution in [2.45, 2.75) is 37.9 Å². The van der Waals surface area contributed by atoms with Crippen LogP contribution in [0.3, 0.4) is 0 Å². The summed E-state index contributed by atoms with van der Waals surface area (Å²) in [6, 6.07) is 11.0. The lowest BCUT2D eigenvalue weighted by Gasteiger charge is -2.41. The summed E-state index contributed by atoms with van der Waals surface area (Å²) >= 11 is 6.30. The van der Waals surface area contributed by atoms with Crippen molar-refractivity contribution >= 4 is 52.4 Å². The van der Waals surface area contributed by atoms with Crippen LogP contribution in [0.2, 0.25) is 5.02 Å². The molecule has 46 heavy (non-hydrogen) atoms. The van der Waals surface area contributed by atoms with Crippen molar-refractivity contribution in [1.29, 1.82) is 0 Å². The van der Waals surface area contributed by atoms with E-state index in [4.69, 9.17) is 16.3 Å². The predicted molar refractivity (Wildman–Crippen MR) is 177 cm³/mol. The number of anilines is 3. The number of ether oxygens (including phenoxy) is 1. The number of amides is 3. The summed E-state index contributed by atoms with van der Waals surface area (Å²) in [4.78, 5) is 61.0. The second-order valence-corrected chi connectivity index (χ2v) is 12.2. The summed E-state index contributed by atoms with van der Waals surface area (Å²) in [7, 11) is 0. The number of carbonyl (C=O) groups is 4. The van der Waals surface area contributed by atoms with Crippen LogP contribution in [0.15, 0.2) is 67.8 Å². The van der Waals surface area contributed by atoms with E-state index >= 15 is 0 Å². The Kier molecular flexibility index (Phi) is 10.5. The molecule has 0 aromatic heterocycles. The number of carboxylic acids is 1. The highest BCUT2D eigenvalue weighted by Crippen LogP contribution is 2.34. The molecule has 11 nitrogen and oxygen atoms in total. The number of rotatable bonds is 12. The van der Waals surface area contributed by atoms with Crippen molar-refractivity contribution in [3.63, 3.8) is 0 Å². The molecule has 0 bridgehead atoms. The number of aliphatic carboxylic acids is 1. The fourth-order valence-corrected chi connectivity index (χ4v) is 6.70. The van der Waals surface area contributed by atoms with Crippen LogP contribution in [-0.2, 0) is 30.3 Å². The Morgan fingerprint density at radius 3 is 2.35 bits per heavy atom. The number of carboxylic acid groups (broad SMARTS) is 1. The third-order valence-corrected chi connectivity index (χ3v) is 9.17. The van der Waals surface area contributed by atoms with Crippen molar-refractivity contribution in [1.82, 2.24) is 9.80 Å². The van der Waals surface area contributed by atoms with E-state index in [-0.39, 0.29) is 37.5 Å². The zero-order valence-corrected chi connectivity index (χ0v) is 26.8. The molecule has 3 saturated heterocycles. The monoisotopic (exact) mass is 649 g/mol. The zero-order chi connectivity index (χ0) is 33.0. The lowest BCUT2D eigenvalue weighted by Crippen LogP contribution is -2.60. The lowest BCUT2D eigenvalue weighted by molar-refractivity contribution is -0.155. The first-order valence-electron chi connectivity index (χ1n) is 15.5. The molecule has 5 rings (SSSR count). The van der Waals surface area contributed by atoms with Gasteiger partial charge in [0.25, 0.3) is 0 Å². The number of carbonyl (C=O) groups excluding carboxylic acids is 3. The predicted octanol–water partition coefficient (Wildman–Crippen LogP) is 3.22. The summed E-state index contributed by atoms with van der Waals surface area (Å²) in [5.41, 5.74) is 2.53. The first-order chi connectivity index (χ1) is 22.1. The van der Waals surface area contributed by atoms with Crippen LogP contribution in [0.5, 0.6) is 0 Å². The maximum atomic E-state index is 13.5. The van der Waals surface area contributed by atoms with Crippen molar-refractivity contribution in [3.05, 3.63) is 78.4 Å². The average molecular weight is 650 g/mol. The molecule has 0 aliphatic carbocycles. The Bertz CT molecular complexity index is 1480. The fraction of sp³-hybridized carbons (Fsp3) is 0.412. The van der Waals surface area contributed by atoms with Gasteiger partial charge in [0.15, 0.2) is 0 Å². The minimum Gasteiger partial charge on any atom is -0.480 e. The molecule has 0 spiro atoms. The molecule has 12 heteroatoms. The number of hydrogen-bond acceptors (Lipinski definition) is 7. The van der Waals surface area contributed by atoms with Gasteiger partial charge in [-0.05, 0) is 49.2 Å². The largest absolute Gasteiger partial charge is 0.480 e. The SMILES string of the molecule is C=CCN(CC=C)c1ccc(Cl)cc1N1CCN(C(Cc2ccc(N3CCN(C4CCOC4)C(C)C3=O)cc2)C(=O)O)C(=O)C1=O. The van der Waals surface area contributed by atoms with Crippen LogP contribution < -0.4 is 14.7 Å². The number of piperazine rings is 2. The van der Waals surface area contributed by atoms with Crippen LogP contribution in [0, 0.1) is 0 Å². The number of hydrogen-bond donors (Lipinski definition) is 1. The quantitative estimate of drug-likeness (QED) is 0.276. The Morgan fingerprint density at radius 1 is 1.02 bits per heavy atom. The van der Waals surface area contributed by atoms with Gasteiger partial charge in [-0.2, -0.15) is 0 Å². The number of halogens is 1. The molecule has 3 aliphatic heterocycles. The van der Waals surface area contributed by atoms with Gasteiger partial charge >= 0.3 is 17.8 Å². The highest BCUT2D eigenvalue weighted by molar-refractivity contribution is 6.41. The smallest absolute Gasteiger partial charge is 0.326 e. The van der Waals surface area contributed by atoms with E-state index in [0.29, 0.717) is 54.8 Å². The van der Waals surface area contributed by atoms with Crippen LogP contribution >= 0.6 is 11.6 Å². The van der Waals surface area contributed by atoms with Crippen molar-refractivity contribution < 1.29 is 29.0 Å². The topological polar surface area (TPSA) is 114 Å². The van der Waals surface area contributed by atoms with E-state index in [9.17, 15) is 24.3 Å². The first-order valence-corrected chi connectivity index (χ1v) is 15.9. The minimum atomic E-state index is -1.25. The molecule has 244 valence electrons. The van der Waals surface area contributed by atoms with E-state index < -0.39 is 23.8 Å². The maximum Gasteiger partial charge on any atom is 0.326 e. The van der Waals surface area contributed by atoms with Gasteiger partial charge in [0.05, 0.1) is 24.0 Å². The van der Waals surface area contributed by atoms with Gasteiger partial charge in [-0.15, -0.1) is 13.2 Å². The second-order valence-electron chi connectivity index (χ2n) is 11.7. The minimum absolute atomic E-state index is 0.00328. The van der Waals surface area contributed by atoms with Gasteiger partial charge in [0.2, 0.25) is 5.91 Å². The van der Waals surface area contributed by atoms with Crippen LogP contribution in [0.4, 0.5) is 17.1 Å². The molecule has 2 aromatic carbocycles. The van der Waals surface area contributed by atoms with Gasteiger partial charge in [0, 0.05) is 69.0 Å². The van der Waals surface area contributed by atoms with E-state index in [0.717, 1.165) is 23.6 Å². The second kappa shape index (κ2) is 14.5. The molecule has 0 saturated carbocycles. The van der Waals surface area contributed by atoms with Crippen LogP contribution in [-0.4, -0.2) is 109 Å². The van der Waals surface area contributed by atoms with E-state index in [1.165, 1.54) is 4.90 Å². The molecular weight excluding hydrogens is 610 g/mol. The molecule has 3 atom stereocenters. The molecule has 3 aliphatic rings. The van der Waals surface area contributed by atoms with Crippen molar-refractivity contribution in [2.75, 3.05) is 67.2 Å². The summed E-state index contributed by atoms with van der Waals surface area (Å²) < 4.78 is 5.52. The number of nitrogens with zero attached hydrogens (tertiary/aromatic N) is 5. The molecule has 2 aromatic rings. The van der Waals surface area contributed by atoms with E-state index in [2.05, 4.69) is 18.1 Å². The maximum absolute atomic E-state index is 13.5. The van der Waals surface area contributed by atoms with Gasteiger partial charge in [-0.3, -0.25) is 19.3 Å². The standard InChI is InChI=1S/C34H40ClN5O6/c1-4-13-36(14-5-2)28-11-8-25(35)21-29(28)39-17-18-40(33(43)32(39)42)30(34(44)45)20-24-6-9-26(10-7-24)38-16-15-37(23(3)31(38)41)27-12-19-46-22-27/h4-11,21,23,27,30H,1-2,12-20,22H2,3H3,(H,44,45). The number of benzene rings is 2. The molecule has 3 unspecified atom stereocenters. The normalized spacial score (nSPS) is 21.4. The van der Waals surface area contributed by atoms with Gasteiger partial charge in [0.1, 0.15) is 6.04 Å². The lowest BCUT2D eigenvalue weighted by atomic mass is 10.0. The summed E-state index contributed by atoms with van der Waals surface area (Å²) in [5, 5.41) is 10.5. The molecule has 3 heterocycles. The third kappa shape index (κ3) is 6.81. The summed E-state index contributed by atoms with van der Waals surface area (Å²) in [6.07, 6.45) is 4.37. The third-order valence-electron chi connectivity index (χ3n) is 8.94. The summed E-state index contributed by atoms with van der Waals surface area (Å²) in [6.45, 7) is 13.2. The average Bonchev–Trinajstić information content (AvgIpc) is 3.58. The Hall–Kier alpha value is -4.19. The van der Waals surface area contributed by atoms with Gasteiger partial charge < -0.3 is 29.4 Å². The van der Waals surface area contributed by atoms with E-state index in [1.807, 2.05) is 11.8 Å². The highest BCUT2D eigenvalue weighted by Gasteiger charge is 2.41. The Morgan fingerprint density at radius 2 is 1.72 bits per heavy atom. The highest BCUT2D eigenvalue weighted by atomic mass is 35.5. The fourth-order valence-electron chi connectivity index (χ4n) is 6.53. The van der Waals surface area contributed by atoms with Crippen molar-refractivity contribution in [2.24, 2.45) is 0 Å². The molecular formula is C34H40ClN5O6. The van der Waals surface area contributed by atoms with Crippen LogP contribution in [0.1, 0.15) is 18.9 Å². The van der Waals surface area contributed by atoms with Crippen LogP contribution in [0.25, 0.3) is 0 Å². The Balaban J connectivity index is 1.28. The molecule has 0 radical (unpaired) electrons. The molecule has 1 N–H and O–H groups in total. The molecule has 3 fully saturated rings. The Labute approximate surface area is 274 Å². The van der Waals surface area contributed by atoms with Gasteiger partial charge in [-0.1, -0.05) is 35.9 Å². The first kappa shape index (κ1) is 33.2. The zero-order valence-electron chi connectivity index (χ0n) is 26.0. The van der Waals surface area contributed by atoms with E-state index in [1.54, 1.807) is 59.5 Å². The van der Waals surface area contributed by atoms with Crippen molar-refractivity contribution in [3.8, 4) is 0 Å².